The van der Waals surface area contributed by atoms with Gasteiger partial charge in [-0.15, -0.1) is 24.0 Å². The molecule has 5 nitrogen and oxygen atoms in total. The molecule has 154 valence electrons. The van der Waals surface area contributed by atoms with Crippen LogP contribution in [-0.2, 0) is 17.9 Å². The number of rotatable bonds is 7. The first-order valence-corrected chi connectivity index (χ1v) is 9.47. The van der Waals surface area contributed by atoms with Gasteiger partial charge >= 0.3 is 0 Å². The second kappa shape index (κ2) is 12.5. The van der Waals surface area contributed by atoms with Gasteiger partial charge in [-0.05, 0) is 36.5 Å². The molecule has 1 fully saturated rings. The van der Waals surface area contributed by atoms with Crippen LogP contribution >= 0.6 is 24.0 Å². The Kier molecular flexibility index (Phi) is 11.2. The fourth-order valence-corrected chi connectivity index (χ4v) is 3.35. The second-order valence-electron chi connectivity index (χ2n) is 7.40. The summed E-state index contributed by atoms with van der Waals surface area (Å²) in [5, 5.41) is 6.84. The molecule has 1 heterocycles. The Labute approximate surface area is 180 Å². The molecule has 0 aromatic heterocycles. The minimum absolute atomic E-state index is 0. The van der Waals surface area contributed by atoms with E-state index in [1.54, 1.807) is 20.2 Å². The van der Waals surface area contributed by atoms with Crippen molar-refractivity contribution in [1.82, 2.24) is 15.5 Å². The number of hydrogen-bond donors (Lipinski definition) is 2. The number of nitrogens with zero attached hydrogens (tertiary/aromatic N) is 2. The lowest BCUT2D eigenvalue weighted by atomic mass is 10.0. The van der Waals surface area contributed by atoms with Crippen LogP contribution in [-0.4, -0.2) is 50.7 Å². The van der Waals surface area contributed by atoms with Crippen LogP contribution in [0, 0.1) is 11.7 Å². The summed E-state index contributed by atoms with van der Waals surface area (Å²) in [4.78, 5) is 6.86. The molecule has 0 spiro atoms. The third kappa shape index (κ3) is 8.31. The summed E-state index contributed by atoms with van der Waals surface area (Å²) in [7, 11) is 3.35. The van der Waals surface area contributed by atoms with E-state index in [4.69, 9.17) is 4.74 Å². The van der Waals surface area contributed by atoms with Crippen molar-refractivity contribution in [2.24, 2.45) is 10.9 Å². The summed E-state index contributed by atoms with van der Waals surface area (Å²) in [6.45, 7) is 8.85. The number of likely N-dealkylation sites (tertiary alicyclic amines) is 1. The molecule has 1 aliphatic rings. The minimum atomic E-state index is -0.230. The van der Waals surface area contributed by atoms with Gasteiger partial charge in [-0.25, -0.2) is 4.39 Å². The molecule has 0 saturated carbocycles. The van der Waals surface area contributed by atoms with E-state index in [2.05, 4.69) is 34.4 Å². The monoisotopic (exact) mass is 492 g/mol. The quantitative estimate of drug-likeness (QED) is 0.348. The summed E-state index contributed by atoms with van der Waals surface area (Å²) >= 11 is 0. The van der Waals surface area contributed by atoms with Crippen molar-refractivity contribution < 1.29 is 9.13 Å². The lowest BCUT2D eigenvalue weighted by molar-refractivity contribution is 0.181. The van der Waals surface area contributed by atoms with Gasteiger partial charge < -0.3 is 20.3 Å². The van der Waals surface area contributed by atoms with Gasteiger partial charge in [0.05, 0.1) is 6.61 Å². The van der Waals surface area contributed by atoms with E-state index < -0.39 is 0 Å². The van der Waals surface area contributed by atoms with Crippen molar-refractivity contribution in [3.8, 4) is 0 Å². The standard InChI is InChI=1S/C20H33FN4O.HI/c1-15(2)13-25-9-7-18(8-10-25)24-20(22-3)23-12-16-5-6-19(21)17(11-16)14-26-4;/h5-6,11,15,18H,7-10,12-14H2,1-4H3,(H2,22,23,24);1H. The van der Waals surface area contributed by atoms with E-state index >= 15 is 0 Å². The fraction of sp³-hybridized carbons (Fsp3) is 0.650. The third-order valence-corrected chi connectivity index (χ3v) is 4.65. The summed E-state index contributed by atoms with van der Waals surface area (Å²) in [5.41, 5.74) is 1.58. The summed E-state index contributed by atoms with van der Waals surface area (Å²) in [6, 6.07) is 5.57. The Hall–Kier alpha value is -0.930. The zero-order valence-electron chi connectivity index (χ0n) is 16.9. The molecule has 2 N–H and O–H groups in total. The van der Waals surface area contributed by atoms with Crippen LogP contribution in [0.1, 0.15) is 37.8 Å². The Morgan fingerprint density at radius 2 is 2.04 bits per heavy atom. The summed E-state index contributed by atoms with van der Waals surface area (Å²) in [6.07, 6.45) is 2.25. The number of methoxy groups -OCH3 is 1. The van der Waals surface area contributed by atoms with Crippen molar-refractivity contribution in [3.05, 3.63) is 35.1 Å². The molecule has 0 amide bonds. The van der Waals surface area contributed by atoms with Crippen LogP contribution in [0.2, 0.25) is 0 Å². The van der Waals surface area contributed by atoms with Crippen LogP contribution in [0.25, 0.3) is 0 Å². The van der Waals surface area contributed by atoms with Gasteiger partial charge in [-0.2, -0.15) is 0 Å². The van der Waals surface area contributed by atoms with E-state index in [1.807, 2.05) is 6.07 Å². The van der Waals surface area contributed by atoms with E-state index in [1.165, 1.54) is 12.6 Å². The van der Waals surface area contributed by atoms with Crippen molar-refractivity contribution in [1.29, 1.82) is 0 Å². The number of halogens is 2. The fourth-order valence-electron chi connectivity index (χ4n) is 3.35. The van der Waals surface area contributed by atoms with Gasteiger partial charge in [0.2, 0.25) is 0 Å². The maximum Gasteiger partial charge on any atom is 0.191 e. The van der Waals surface area contributed by atoms with Gasteiger partial charge in [0.15, 0.2) is 5.96 Å². The van der Waals surface area contributed by atoms with Crippen LogP contribution in [0.5, 0.6) is 0 Å². The number of hydrogen-bond acceptors (Lipinski definition) is 3. The highest BCUT2D eigenvalue weighted by molar-refractivity contribution is 14.0. The smallest absolute Gasteiger partial charge is 0.191 e. The van der Waals surface area contributed by atoms with E-state index in [9.17, 15) is 4.39 Å². The SMILES string of the molecule is CN=C(NCc1ccc(F)c(COC)c1)NC1CCN(CC(C)C)CC1.I. The maximum absolute atomic E-state index is 13.7. The minimum Gasteiger partial charge on any atom is -0.380 e. The molecule has 1 saturated heterocycles. The zero-order valence-corrected chi connectivity index (χ0v) is 19.3. The third-order valence-electron chi connectivity index (χ3n) is 4.65. The van der Waals surface area contributed by atoms with Gasteiger partial charge in [0.25, 0.3) is 0 Å². The first-order chi connectivity index (χ1) is 12.5. The zero-order chi connectivity index (χ0) is 18.9. The molecule has 0 atom stereocenters. The second-order valence-corrected chi connectivity index (χ2v) is 7.40. The summed E-state index contributed by atoms with van der Waals surface area (Å²) in [5.74, 6) is 1.28. The van der Waals surface area contributed by atoms with E-state index in [-0.39, 0.29) is 36.4 Å². The molecular weight excluding hydrogens is 458 g/mol. The molecule has 0 aliphatic carbocycles. The number of ether oxygens (including phenoxy) is 1. The highest BCUT2D eigenvalue weighted by atomic mass is 127. The molecule has 1 aliphatic heterocycles. The average molecular weight is 492 g/mol. The first-order valence-electron chi connectivity index (χ1n) is 9.47. The van der Waals surface area contributed by atoms with Crippen LogP contribution in [0.3, 0.4) is 0 Å². The Morgan fingerprint density at radius 1 is 1.33 bits per heavy atom. The molecule has 7 heteroatoms. The number of piperidine rings is 1. The largest absolute Gasteiger partial charge is 0.380 e. The van der Waals surface area contributed by atoms with Crippen molar-refractivity contribution in [2.45, 2.75) is 45.9 Å². The van der Waals surface area contributed by atoms with E-state index in [0.717, 1.165) is 37.5 Å². The Bertz CT molecular complexity index is 589. The average Bonchev–Trinajstić information content (AvgIpc) is 2.62. The predicted molar refractivity (Wildman–Crippen MR) is 120 cm³/mol. The molecular formula is C20H34FIN4O. The molecule has 0 unspecified atom stereocenters. The maximum atomic E-state index is 13.7. The molecule has 2 rings (SSSR count). The molecule has 0 bridgehead atoms. The van der Waals surface area contributed by atoms with Gasteiger partial charge in [-0.1, -0.05) is 19.9 Å². The normalized spacial score (nSPS) is 16.3. The van der Waals surface area contributed by atoms with Crippen molar-refractivity contribution in [2.75, 3.05) is 33.8 Å². The van der Waals surface area contributed by atoms with Gasteiger partial charge in [0, 0.05) is 51.9 Å². The van der Waals surface area contributed by atoms with Crippen LogP contribution < -0.4 is 10.6 Å². The number of nitrogens with one attached hydrogen (secondary N) is 2. The molecule has 1 aromatic carbocycles. The predicted octanol–water partition coefficient (Wildman–Crippen LogP) is 3.38. The topological polar surface area (TPSA) is 48.9 Å². The molecule has 1 aromatic rings. The molecule has 27 heavy (non-hydrogen) atoms. The molecule has 0 radical (unpaired) electrons. The number of aliphatic imine (C=N–C) groups is 1. The van der Waals surface area contributed by atoms with Crippen molar-refractivity contribution >= 4 is 29.9 Å². The number of guanidine groups is 1. The lowest BCUT2D eigenvalue weighted by Gasteiger charge is -2.34. The summed E-state index contributed by atoms with van der Waals surface area (Å²) < 4.78 is 18.7. The van der Waals surface area contributed by atoms with Crippen LogP contribution in [0.15, 0.2) is 23.2 Å². The highest BCUT2D eigenvalue weighted by Gasteiger charge is 2.20. The van der Waals surface area contributed by atoms with Crippen LogP contribution in [0.4, 0.5) is 4.39 Å². The van der Waals surface area contributed by atoms with Gasteiger partial charge in [-0.3, -0.25) is 4.99 Å². The highest BCUT2D eigenvalue weighted by Crippen LogP contribution is 2.13. The van der Waals surface area contributed by atoms with E-state index in [0.29, 0.717) is 24.1 Å². The van der Waals surface area contributed by atoms with Crippen molar-refractivity contribution in [3.63, 3.8) is 0 Å². The number of benzene rings is 1. The van der Waals surface area contributed by atoms with Gasteiger partial charge in [0.1, 0.15) is 5.82 Å². The first kappa shape index (κ1) is 24.1. The Morgan fingerprint density at radius 3 is 2.63 bits per heavy atom. The Balaban J connectivity index is 0.00000364. The lowest BCUT2D eigenvalue weighted by Crippen LogP contribution is -2.49.